The quantitative estimate of drug-likeness (QED) is 0.763. The van der Waals surface area contributed by atoms with Crippen LogP contribution in [-0.4, -0.2) is 23.2 Å². The maximum atomic E-state index is 5.32. The van der Waals surface area contributed by atoms with E-state index in [0.717, 1.165) is 30.7 Å². The van der Waals surface area contributed by atoms with E-state index in [-0.39, 0.29) is 5.41 Å². The van der Waals surface area contributed by atoms with Gasteiger partial charge in [0.05, 0.1) is 5.41 Å². The minimum absolute atomic E-state index is 0.0867. The van der Waals surface area contributed by atoms with E-state index >= 15 is 0 Å². The molecule has 4 heteroatoms. The molecule has 1 aliphatic heterocycles. The lowest BCUT2D eigenvalue weighted by Gasteiger charge is -2.35. The lowest BCUT2D eigenvalue weighted by molar-refractivity contribution is 0.219. The van der Waals surface area contributed by atoms with Crippen molar-refractivity contribution in [2.24, 2.45) is 5.92 Å². The Balaban J connectivity index is 1.83. The third-order valence-corrected chi connectivity index (χ3v) is 3.43. The predicted octanol–water partition coefficient (Wildman–Crippen LogP) is 1.05. The van der Waals surface area contributed by atoms with E-state index in [1.54, 1.807) is 0 Å². The highest BCUT2D eigenvalue weighted by Gasteiger charge is 2.42. The molecule has 0 aromatic carbocycles. The first-order valence-electron chi connectivity index (χ1n) is 5.24. The van der Waals surface area contributed by atoms with E-state index in [4.69, 9.17) is 4.52 Å². The Morgan fingerprint density at radius 2 is 2.21 bits per heavy atom. The molecule has 3 rings (SSSR count). The number of nitrogens with one attached hydrogen (secondary N) is 1. The van der Waals surface area contributed by atoms with E-state index in [2.05, 4.69) is 29.3 Å². The molecular formula is C10H15N3O. The largest absolute Gasteiger partial charge is 0.339 e. The highest BCUT2D eigenvalue weighted by atomic mass is 16.5. The van der Waals surface area contributed by atoms with Crippen molar-refractivity contribution in [2.45, 2.75) is 31.6 Å². The molecule has 2 atom stereocenters. The molecule has 2 heterocycles. The fourth-order valence-electron chi connectivity index (χ4n) is 1.96. The first-order valence-corrected chi connectivity index (χ1v) is 5.24. The van der Waals surface area contributed by atoms with Crippen LogP contribution in [0, 0.1) is 5.92 Å². The summed E-state index contributed by atoms with van der Waals surface area (Å²) in [5.41, 5.74) is 0.0867. The second-order valence-electron chi connectivity index (χ2n) is 4.94. The fraction of sp³-hybridized carbons (Fsp3) is 0.800. The molecule has 0 spiro atoms. The van der Waals surface area contributed by atoms with Crippen molar-refractivity contribution in [2.75, 3.05) is 13.1 Å². The zero-order valence-corrected chi connectivity index (χ0v) is 8.58. The van der Waals surface area contributed by atoms with Crippen LogP contribution in [0.1, 0.15) is 37.9 Å². The minimum atomic E-state index is 0.0867. The van der Waals surface area contributed by atoms with Gasteiger partial charge in [-0.05, 0) is 19.3 Å². The molecule has 2 aliphatic rings. The van der Waals surface area contributed by atoms with E-state index < -0.39 is 0 Å². The Morgan fingerprint density at radius 3 is 2.71 bits per heavy atom. The van der Waals surface area contributed by atoms with Crippen molar-refractivity contribution in [1.29, 1.82) is 0 Å². The number of hydrogen-bond acceptors (Lipinski definition) is 4. The average molecular weight is 193 g/mol. The molecule has 2 fully saturated rings. The summed E-state index contributed by atoms with van der Waals surface area (Å²) in [6, 6.07) is 0. The van der Waals surface area contributed by atoms with Crippen LogP contribution in [0.5, 0.6) is 0 Å². The molecule has 2 unspecified atom stereocenters. The molecule has 0 bridgehead atoms. The zero-order chi connectivity index (χ0) is 9.76. The SMILES string of the molecule is CC1CC1c1noc(C2(C)CNC2)n1. The van der Waals surface area contributed by atoms with Gasteiger partial charge in [0.15, 0.2) is 5.82 Å². The van der Waals surface area contributed by atoms with Gasteiger partial charge >= 0.3 is 0 Å². The highest BCUT2D eigenvalue weighted by molar-refractivity contribution is 5.14. The molecule has 76 valence electrons. The second-order valence-corrected chi connectivity index (χ2v) is 4.94. The Bertz CT molecular complexity index is 356. The van der Waals surface area contributed by atoms with E-state index in [9.17, 15) is 0 Å². The van der Waals surface area contributed by atoms with Crippen molar-refractivity contribution in [3.63, 3.8) is 0 Å². The lowest BCUT2D eigenvalue weighted by Crippen LogP contribution is -2.54. The summed E-state index contributed by atoms with van der Waals surface area (Å²) in [6.07, 6.45) is 1.22. The molecule has 1 saturated heterocycles. The number of aromatic nitrogens is 2. The van der Waals surface area contributed by atoms with Gasteiger partial charge in [0.1, 0.15) is 0 Å². The van der Waals surface area contributed by atoms with Crippen LogP contribution in [0.4, 0.5) is 0 Å². The Kier molecular flexibility index (Phi) is 1.54. The topological polar surface area (TPSA) is 51.0 Å². The van der Waals surface area contributed by atoms with Crippen molar-refractivity contribution in [1.82, 2.24) is 15.5 Å². The van der Waals surface area contributed by atoms with Crippen molar-refractivity contribution < 1.29 is 4.52 Å². The molecule has 1 saturated carbocycles. The molecule has 0 amide bonds. The fourth-order valence-corrected chi connectivity index (χ4v) is 1.96. The summed E-state index contributed by atoms with van der Waals surface area (Å²) in [5, 5.41) is 7.30. The summed E-state index contributed by atoms with van der Waals surface area (Å²) in [4.78, 5) is 4.50. The summed E-state index contributed by atoms with van der Waals surface area (Å²) >= 11 is 0. The standard InChI is InChI=1S/C10H15N3O/c1-6-3-7(6)8-12-9(14-13-8)10(2)4-11-5-10/h6-7,11H,3-5H2,1-2H3. The third kappa shape index (κ3) is 1.10. The molecule has 14 heavy (non-hydrogen) atoms. The minimum Gasteiger partial charge on any atom is -0.339 e. The third-order valence-electron chi connectivity index (χ3n) is 3.43. The van der Waals surface area contributed by atoms with Gasteiger partial charge in [0.2, 0.25) is 5.89 Å². The van der Waals surface area contributed by atoms with Gasteiger partial charge in [-0.15, -0.1) is 0 Å². The molecule has 1 N–H and O–H groups in total. The van der Waals surface area contributed by atoms with Gasteiger partial charge < -0.3 is 9.84 Å². The summed E-state index contributed by atoms with van der Waals surface area (Å²) < 4.78 is 5.32. The van der Waals surface area contributed by atoms with E-state index in [0.29, 0.717) is 5.92 Å². The van der Waals surface area contributed by atoms with Gasteiger partial charge in [-0.2, -0.15) is 4.98 Å². The zero-order valence-electron chi connectivity index (χ0n) is 8.58. The summed E-state index contributed by atoms with van der Waals surface area (Å²) in [6.45, 7) is 6.30. The first-order chi connectivity index (χ1) is 6.69. The Labute approximate surface area is 83.1 Å². The Morgan fingerprint density at radius 1 is 1.50 bits per heavy atom. The predicted molar refractivity (Wildman–Crippen MR) is 51.0 cm³/mol. The molecule has 0 radical (unpaired) electrons. The van der Waals surface area contributed by atoms with Crippen LogP contribution < -0.4 is 5.32 Å². The van der Waals surface area contributed by atoms with Crippen molar-refractivity contribution >= 4 is 0 Å². The average Bonchev–Trinajstić information content (AvgIpc) is 2.66. The monoisotopic (exact) mass is 193 g/mol. The lowest BCUT2D eigenvalue weighted by atomic mass is 9.84. The normalized spacial score (nSPS) is 33.9. The summed E-state index contributed by atoms with van der Waals surface area (Å²) in [7, 11) is 0. The summed E-state index contributed by atoms with van der Waals surface area (Å²) in [5.74, 6) is 3.03. The van der Waals surface area contributed by atoms with Gasteiger partial charge in [0.25, 0.3) is 0 Å². The second kappa shape index (κ2) is 2.57. The molecule has 1 aliphatic carbocycles. The van der Waals surface area contributed by atoms with Crippen LogP contribution in [0.15, 0.2) is 4.52 Å². The van der Waals surface area contributed by atoms with E-state index in [1.165, 1.54) is 6.42 Å². The maximum Gasteiger partial charge on any atom is 0.235 e. The number of rotatable bonds is 2. The number of hydrogen-bond donors (Lipinski definition) is 1. The van der Waals surface area contributed by atoms with Crippen LogP contribution in [0.2, 0.25) is 0 Å². The highest BCUT2D eigenvalue weighted by Crippen LogP contribution is 2.45. The molecule has 4 nitrogen and oxygen atoms in total. The van der Waals surface area contributed by atoms with Gasteiger partial charge in [0, 0.05) is 19.0 Å². The van der Waals surface area contributed by atoms with Gasteiger partial charge in [-0.25, -0.2) is 0 Å². The molecular weight excluding hydrogens is 178 g/mol. The van der Waals surface area contributed by atoms with Crippen LogP contribution >= 0.6 is 0 Å². The Hall–Kier alpha value is -0.900. The maximum absolute atomic E-state index is 5.32. The van der Waals surface area contributed by atoms with Crippen molar-refractivity contribution in [3.05, 3.63) is 11.7 Å². The smallest absolute Gasteiger partial charge is 0.235 e. The number of nitrogens with zero attached hydrogens (tertiary/aromatic N) is 2. The first kappa shape index (κ1) is 8.41. The van der Waals surface area contributed by atoms with Gasteiger partial charge in [-0.1, -0.05) is 12.1 Å². The molecule has 1 aromatic heterocycles. The van der Waals surface area contributed by atoms with E-state index in [1.807, 2.05) is 0 Å². The van der Waals surface area contributed by atoms with Crippen LogP contribution in [0.25, 0.3) is 0 Å². The van der Waals surface area contributed by atoms with Crippen LogP contribution in [-0.2, 0) is 5.41 Å². The van der Waals surface area contributed by atoms with Crippen LogP contribution in [0.3, 0.4) is 0 Å². The van der Waals surface area contributed by atoms with Crippen molar-refractivity contribution in [3.8, 4) is 0 Å². The van der Waals surface area contributed by atoms with Gasteiger partial charge in [-0.3, -0.25) is 0 Å². The molecule has 1 aromatic rings.